The van der Waals surface area contributed by atoms with Crippen LogP contribution in [-0.2, 0) is 21.9 Å². The second-order valence-corrected chi connectivity index (χ2v) is 7.75. The summed E-state index contributed by atoms with van der Waals surface area (Å²) in [7, 11) is 0. The molecule has 0 aliphatic heterocycles. The van der Waals surface area contributed by atoms with Crippen molar-refractivity contribution in [1.29, 1.82) is 0 Å². The van der Waals surface area contributed by atoms with Crippen molar-refractivity contribution in [2.24, 2.45) is 0 Å². The number of para-hydroxylation sites is 2. The van der Waals surface area contributed by atoms with Crippen LogP contribution in [-0.4, -0.2) is 62.9 Å². The second-order valence-electron chi connectivity index (χ2n) is 6.88. The molecule has 146 valence electrons. The van der Waals surface area contributed by atoms with Crippen molar-refractivity contribution in [3.05, 3.63) is 30.1 Å². The van der Waals surface area contributed by atoms with E-state index in [-0.39, 0.29) is 31.1 Å². The van der Waals surface area contributed by atoms with Crippen molar-refractivity contribution in [1.82, 2.24) is 19.8 Å². The Morgan fingerprint density at radius 3 is 2.78 bits per heavy atom. The van der Waals surface area contributed by atoms with Crippen LogP contribution in [0.25, 0.3) is 11.0 Å². The molecule has 8 heteroatoms. The van der Waals surface area contributed by atoms with Gasteiger partial charge in [0.15, 0.2) is 0 Å². The lowest BCUT2D eigenvalue weighted by molar-refractivity contribution is -0.139. The summed E-state index contributed by atoms with van der Waals surface area (Å²) in [6.45, 7) is 2.98. The van der Waals surface area contributed by atoms with Gasteiger partial charge in [0.2, 0.25) is 5.91 Å². The summed E-state index contributed by atoms with van der Waals surface area (Å²) in [5.41, 5.74) is 1.88. The van der Waals surface area contributed by atoms with Gasteiger partial charge in [-0.2, -0.15) is 11.8 Å². The van der Waals surface area contributed by atoms with Crippen molar-refractivity contribution >= 4 is 34.7 Å². The summed E-state index contributed by atoms with van der Waals surface area (Å²) in [5, 5.41) is 12.1. The van der Waals surface area contributed by atoms with Gasteiger partial charge in [0.05, 0.1) is 23.3 Å². The Kier molecular flexibility index (Phi) is 6.38. The molecule has 1 heterocycles. The first kappa shape index (κ1) is 19.7. The third kappa shape index (κ3) is 4.62. The number of rotatable bonds is 9. The highest BCUT2D eigenvalue weighted by molar-refractivity contribution is 7.97. The van der Waals surface area contributed by atoms with Crippen molar-refractivity contribution in [2.45, 2.75) is 44.1 Å². The Labute approximate surface area is 163 Å². The van der Waals surface area contributed by atoms with Gasteiger partial charge in [0.25, 0.3) is 0 Å². The molecule has 7 nitrogen and oxygen atoms in total. The smallest absolute Gasteiger partial charge is 0.317 e. The molecule has 27 heavy (non-hydrogen) atoms. The van der Waals surface area contributed by atoms with Crippen molar-refractivity contribution < 1.29 is 14.7 Å². The van der Waals surface area contributed by atoms with Gasteiger partial charge >= 0.3 is 5.97 Å². The maximum atomic E-state index is 12.6. The van der Waals surface area contributed by atoms with Crippen molar-refractivity contribution in [3.8, 4) is 0 Å². The second kappa shape index (κ2) is 8.75. The first-order valence-electron chi connectivity index (χ1n) is 9.20. The molecular formula is C19H26N4O3S. The van der Waals surface area contributed by atoms with Gasteiger partial charge in [-0.05, 0) is 37.8 Å². The van der Waals surface area contributed by atoms with Crippen molar-refractivity contribution in [3.63, 3.8) is 0 Å². The largest absolute Gasteiger partial charge is 0.480 e. The van der Waals surface area contributed by atoms with Gasteiger partial charge in [0, 0.05) is 12.1 Å². The Morgan fingerprint density at radius 2 is 2.11 bits per heavy atom. The molecule has 0 radical (unpaired) electrons. The van der Waals surface area contributed by atoms with Crippen LogP contribution in [0, 0.1) is 0 Å². The van der Waals surface area contributed by atoms with Crippen LogP contribution in [0.3, 0.4) is 0 Å². The number of aliphatic carboxylic acids is 1. The predicted molar refractivity (Wildman–Crippen MR) is 107 cm³/mol. The number of carbonyl (C=O) groups is 2. The van der Waals surface area contributed by atoms with Crippen LogP contribution in [0.4, 0.5) is 0 Å². The quantitative estimate of drug-likeness (QED) is 0.681. The first-order chi connectivity index (χ1) is 13.0. The summed E-state index contributed by atoms with van der Waals surface area (Å²) in [4.78, 5) is 30.1. The maximum absolute atomic E-state index is 12.6. The zero-order chi connectivity index (χ0) is 19.4. The number of likely N-dealkylation sites (N-methyl/N-ethyl adjacent to an activating group) is 1. The number of fused-ring (bicyclic) bond motifs is 1. The lowest BCUT2D eigenvalue weighted by Crippen LogP contribution is -2.55. The van der Waals surface area contributed by atoms with E-state index in [1.807, 2.05) is 46.9 Å². The summed E-state index contributed by atoms with van der Waals surface area (Å²) in [6.07, 6.45) is 3.62. The fourth-order valence-electron chi connectivity index (χ4n) is 3.63. The summed E-state index contributed by atoms with van der Waals surface area (Å²) in [5.74, 6) is 0.834. The highest BCUT2D eigenvalue weighted by Crippen LogP contribution is 2.26. The summed E-state index contributed by atoms with van der Waals surface area (Å²) < 4.78 is 1.99. The van der Waals surface area contributed by atoms with Crippen LogP contribution in [0.5, 0.6) is 0 Å². The van der Waals surface area contributed by atoms with E-state index in [9.17, 15) is 9.59 Å². The molecule has 0 saturated heterocycles. The Balaban J connectivity index is 1.59. The zero-order valence-electron chi connectivity index (χ0n) is 15.7. The monoisotopic (exact) mass is 390 g/mol. The molecule has 2 aromatic rings. The SMILES string of the molecule is CCN(CC(=O)O)C1CC(NC(=O)Cn2c(CSC)nc3ccccc32)C1. The molecule has 3 rings (SSSR count). The molecule has 1 aliphatic carbocycles. The van der Waals surface area contributed by atoms with E-state index in [1.165, 1.54) is 0 Å². The van der Waals surface area contributed by atoms with E-state index in [2.05, 4.69) is 10.3 Å². The fourth-order valence-corrected chi connectivity index (χ4v) is 4.11. The molecule has 1 amide bonds. The van der Waals surface area contributed by atoms with Crippen molar-refractivity contribution in [2.75, 3.05) is 19.3 Å². The number of imidazole rings is 1. The standard InChI is InChI=1S/C19H26N4O3S/c1-3-22(11-19(25)26)14-8-13(9-14)20-18(24)10-23-16-7-5-4-6-15(16)21-17(23)12-27-2/h4-7,13-14H,3,8-12H2,1-2H3,(H,20,24)(H,25,26). The van der Waals surface area contributed by atoms with Gasteiger partial charge in [-0.15, -0.1) is 0 Å². The Hall–Kier alpha value is -2.06. The van der Waals surface area contributed by atoms with Gasteiger partial charge in [-0.25, -0.2) is 4.98 Å². The number of hydrogen-bond acceptors (Lipinski definition) is 5. The third-order valence-corrected chi connectivity index (χ3v) is 5.59. The van der Waals surface area contributed by atoms with Gasteiger partial charge in [-0.3, -0.25) is 14.5 Å². The minimum atomic E-state index is -0.808. The number of nitrogens with zero attached hydrogens (tertiary/aromatic N) is 3. The topological polar surface area (TPSA) is 87.5 Å². The van der Waals surface area contributed by atoms with Crippen LogP contribution in [0.1, 0.15) is 25.6 Å². The molecule has 1 aromatic heterocycles. The summed E-state index contributed by atoms with van der Waals surface area (Å²) in [6, 6.07) is 8.21. The number of nitrogens with one attached hydrogen (secondary N) is 1. The number of carboxylic acid groups (broad SMARTS) is 1. The van der Waals surface area contributed by atoms with E-state index in [4.69, 9.17) is 5.11 Å². The number of amides is 1. The third-order valence-electron chi connectivity index (χ3n) is 5.05. The van der Waals surface area contributed by atoms with Crippen LogP contribution >= 0.6 is 11.8 Å². The van der Waals surface area contributed by atoms with E-state index in [1.54, 1.807) is 11.8 Å². The van der Waals surface area contributed by atoms with Crippen LogP contribution < -0.4 is 5.32 Å². The number of carbonyl (C=O) groups excluding carboxylic acids is 1. The molecule has 1 aromatic carbocycles. The average molecular weight is 391 g/mol. The molecular weight excluding hydrogens is 364 g/mol. The highest BCUT2D eigenvalue weighted by atomic mass is 32.2. The summed E-state index contributed by atoms with van der Waals surface area (Å²) >= 11 is 1.68. The number of thioether (sulfide) groups is 1. The highest BCUT2D eigenvalue weighted by Gasteiger charge is 2.34. The molecule has 1 aliphatic rings. The average Bonchev–Trinajstić information content (AvgIpc) is 2.94. The van der Waals surface area contributed by atoms with E-state index in [0.29, 0.717) is 6.54 Å². The first-order valence-corrected chi connectivity index (χ1v) is 10.6. The molecule has 0 atom stereocenters. The lowest BCUT2D eigenvalue weighted by atomic mass is 9.85. The maximum Gasteiger partial charge on any atom is 0.317 e. The Bertz CT molecular complexity index is 816. The van der Waals surface area contributed by atoms with E-state index >= 15 is 0 Å². The van der Waals surface area contributed by atoms with E-state index < -0.39 is 5.97 Å². The molecule has 1 saturated carbocycles. The number of carboxylic acids is 1. The number of aromatic nitrogens is 2. The number of hydrogen-bond donors (Lipinski definition) is 2. The lowest BCUT2D eigenvalue weighted by Gasteiger charge is -2.42. The van der Waals surface area contributed by atoms with E-state index in [0.717, 1.165) is 35.5 Å². The normalized spacial score (nSPS) is 19.2. The minimum absolute atomic E-state index is 0.0229. The number of benzene rings is 1. The predicted octanol–water partition coefficient (Wildman–Crippen LogP) is 1.95. The minimum Gasteiger partial charge on any atom is -0.480 e. The van der Waals surface area contributed by atoms with Crippen LogP contribution in [0.15, 0.2) is 24.3 Å². The molecule has 0 bridgehead atoms. The van der Waals surface area contributed by atoms with Crippen LogP contribution in [0.2, 0.25) is 0 Å². The Morgan fingerprint density at radius 1 is 1.37 bits per heavy atom. The van der Waals surface area contributed by atoms with Gasteiger partial charge in [-0.1, -0.05) is 19.1 Å². The zero-order valence-corrected chi connectivity index (χ0v) is 16.5. The van der Waals surface area contributed by atoms with Gasteiger partial charge in [0.1, 0.15) is 12.4 Å². The molecule has 2 N–H and O–H groups in total. The molecule has 0 spiro atoms. The van der Waals surface area contributed by atoms with Gasteiger partial charge < -0.3 is 15.0 Å². The molecule has 0 unspecified atom stereocenters. The fraction of sp³-hybridized carbons (Fsp3) is 0.526. The molecule has 1 fully saturated rings.